The molecule has 0 amide bonds. The number of carboxylic acid groups (broad SMARTS) is 1. The number of imidazole rings is 1. The van der Waals surface area contributed by atoms with E-state index in [0.29, 0.717) is 0 Å². The molecule has 0 saturated heterocycles. The SMILES string of the molecule is O=C(O)[C@@H](O)c1cnc[nH]1. The summed E-state index contributed by atoms with van der Waals surface area (Å²) in [6, 6.07) is 0. The summed E-state index contributed by atoms with van der Waals surface area (Å²) in [5, 5.41) is 17.1. The molecule has 0 radical (unpaired) electrons. The van der Waals surface area contributed by atoms with E-state index in [9.17, 15) is 4.79 Å². The number of carboxylic acids is 1. The van der Waals surface area contributed by atoms with Crippen LogP contribution in [0.5, 0.6) is 0 Å². The van der Waals surface area contributed by atoms with Crippen molar-refractivity contribution in [2.45, 2.75) is 6.10 Å². The largest absolute Gasteiger partial charge is 0.479 e. The van der Waals surface area contributed by atoms with Crippen LogP contribution in [0.1, 0.15) is 11.8 Å². The van der Waals surface area contributed by atoms with Crippen LogP contribution < -0.4 is 0 Å². The number of aliphatic carboxylic acids is 1. The molecule has 1 heterocycles. The fourth-order valence-corrected chi connectivity index (χ4v) is 0.549. The Hall–Kier alpha value is -1.36. The smallest absolute Gasteiger partial charge is 0.338 e. The Morgan fingerprint density at radius 1 is 1.80 bits per heavy atom. The van der Waals surface area contributed by atoms with Crippen LogP contribution in [0.3, 0.4) is 0 Å². The maximum absolute atomic E-state index is 10.1. The summed E-state index contributed by atoms with van der Waals surface area (Å²) in [6.07, 6.45) is 1.07. The topological polar surface area (TPSA) is 86.2 Å². The van der Waals surface area contributed by atoms with Crippen molar-refractivity contribution in [3.05, 3.63) is 18.2 Å². The standard InChI is InChI=1S/C5H6N2O3/c8-4(5(9)10)3-1-6-2-7-3/h1-2,4,8H,(H,6,7)(H,9,10)/t4-/m0/s1. The summed E-state index contributed by atoms with van der Waals surface area (Å²) < 4.78 is 0. The Morgan fingerprint density at radius 3 is 2.90 bits per heavy atom. The molecule has 54 valence electrons. The molecule has 5 heteroatoms. The average Bonchev–Trinajstić information content (AvgIpc) is 2.36. The number of H-pyrrole nitrogens is 1. The number of carbonyl (C=O) groups is 1. The summed E-state index contributed by atoms with van der Waals surface area (Å²) in [5.41, 5.74) is 0.188. The van der Waals surface area contributed by atoms with Gasteiger partial charge in [-0.3, -0.25) is 0 Å². The van der Waals surface area contributed by atoms with E-state index in [1.807, 2.05) is 0 Å². The number of rotatable bonds is 2. The first-order valence-electron chi connectivity index (χ1n) is 2.61. The minimum absolute atomic E-state index is 0.188. The zero-order valence-electron chi connectivity index (χ0n) is 4.98. The van der Waals surface area contributed by atoms with Crippen LogP contribution in [-0.4, -0.2) is 26.2 Å². The zero-order chi connectivity index (χ0) is 7.56. The van der Waals surface area contributed by atoms with Crippen molar-refractivity contribution in [3.8, 4) is 0 Å². The molecule has 5 nitrogen and oxygen atoms in total. The van der Waals surface area contributed by atoms with E-state index in [2.05, 4.69) is 9.97 Å². The van der Waals surface area contributed by atoms with E-state index in [1.54, 1.807) is 0 Å². The van der Waals surface area contributed by atoms with Gasteiger partial charge in [-0.05, 0) is 0 Å². The Labute approximate surface area is 56.3 Å². The van der Waals surface area contributed by atoms with Crippen LogP contribution in [-0.2, 0) is 4.79 Å². The van der Waals surface area contributed by atoms with Crippen LogP contribution in [0.2, 0.25) is 0 Å². The van der Waals surface area contributed by atoms with Gasteiger partial charge < -0.3 is 15.2 Å². The van der Waals surface area contributed by atoms with Gasteiger partial charge in [-0.15, -0.1) is 0 Å². The van der Waals surface area contributed by atoms with Crippen LogP contribution in [0.4, 0.5) is 0 Å². The number of aliphatic hydroxyl groups is 1. The lowest BCUT2D eigenvalue weighted by molar-refractivity contribution is -0.147. The molecular formula is C5H6N2O3. The molecule has 1 aromatic heterocycles. The predicted octanol–water partition coefficient (Wildman–Crippen LogP) is -0.472. The maximum atomic E-state index is 10.1. The fourth-order valence-electron chi connectivity index (χ4n) is 0.549. The van der Waals surface area contributed by atoms with Gasteiger partial charge in [0.1, 0.15) is 0 Å². The molecule has 1 rings (SSSR count). The van der Waals surface area contributed by atoms with E-state index in [4.69, 9.17) is 10.2 Å². The second kappa shape index (κ2) is 2.49. The normalized spacial score (nSPS) is 12.9. The second-order valence-corrected chi connectivity index (χ2v) is 1.75. The maximum Gasteiger partial charge on any atom is 0.338 e. The molecule has 1 atom stereocenters. The first-order chi connectivity index (χ1) is 4.72. The van der Waals surface area contributed by atoms with Crippen molar-refractivity contribution in [2.75, 3.05) is 0 Å². The van der Waals surface area contributed by atoms with Crippen LogP contribution >= 0.6 is 0 Å². The van der Waals surface area contributed by atoms with E-state index < -0.39 is 12.1 Å². The molecule has 0 bridgehead atoms. The third-order valence-electron chi connectivity index (χ3n) is 1.05. The van der Waals surface area contributed by atoms with Crippen LogP contribution in [0.25, 0.3) is 0 Å². The van der Waals surface area contributed by atoms with Crippen molar-refractivity contribution in [1.82, 2.24) is 9.97 Å². The highest BCUT2D eigenvalue weighted by molar-refractivity contribution is 5.73. The van der Waals surface area contributed by atoms with Gasteiger partial charge in [0, 0.05) is 0 Å². The Kier molecular flexibility index (Phi) is 1.68. The van der Waals surface area contributed by atoms with E-state index >= 15 is 0 Å². The monoisotopic (exact) mass is 142 g/mol. The van der Waals surface area contributed by atoms with Gasteiger partial charge in [-0.1, -0.05) is 0 Å². The Morgan fingerprint density at radius 2 is 2.50 bits per heavy atom. The minimum atomic E-state index is -1.50. The zero-order valence-corrected chi connectivity index (χ0v) is 4.98. The van der Waals surface area contributed by atoms with Crippen LogP contribution in [0, 0.1) is 0 Å². The summed E-state index contributed by atoms with van der Waals surface area (Å²) in [4.78, 5) is 16.1. The number of aliphatic hydroxyl groups excluding tert-OH is 1. The Balaban J connectivity index is 2.77. The highest BCUT2D eigenvalue weighted by Gasteiger charge is 2.16. The summed E-state index contributed by atoms with van der Waals surface area (Å²) in [5.74, 6) is -1.29. The third kappa shape index (κ3) is 1.14. The lowest BCUT2D eigenvalue weighted by Gasteiger charge is -1.98. The van der Waals surface area contributed by atoms with E-state index in [-0.39, 0.29) is 5.69 Å². The molecule has 0 aliphatic heterocycles. The Bertz CT molecular complexity index is 219. The number of hydrogen-bond donors (Lipinski definition) is 3. The van der Waals surface area contributed by atoms with Gasteiger partial charge in [-0.2, -0.15) is 0 Å². The summed E-state index contributed by atoms with van der Waals surface area (Å²) >= 11 is 0. The van der Waals surface area contributed by atoms with Gasteiger partial charge in [-0.25, -0.2) is 9.78 Å². The minimum Gasteiger partial charge on any atom is -0.479 e. The molecule has 1 aromatic rings. The molecule has 0 saturated carbocycles. The van der Waals surface area contributed by atoms with Crippen molar-refractivity contribution < 1.29 is 15.0 Å². The lowest BCUT2D eigenvalue weighted by atomic mass is 10.3. The molecule has 10 heavy (non-hydrogen) atoms. The highest BCUT2D eigenvalue weighted by Crippen LogP contribution is 2.06. The quantitative estimate of drug-likeness (QED) is 0.521. The first-order valence-corrected chi connectivity index (χ1v) is 2.61. The van der Waals surface area contributed by atoms with Crippen molar-refractivity contribution in [2.24, 2.45) is 0 Å². The molecule has 0 aliphatic rings. The first kappa shape index (κ1) is 6.76. The van der Waals surface area contributed by atoms with E-state index in [0.717, 1.165) is 0 Å². The van der Waals surface area contributed by atoms with Crippen LogP contribution in [0.15, 0.2) is 12.5 Å². The number of nitrogens with one attached hydrogen (secondary N) is 1. The van der Waals surface area contributed by atoms with Gasteiger partial charge >= 0.3 is 5.97 Å². The summed E-state index contributed by atoms with van der Waals surface area (Å²) in [7, 11) is 0. The molecule has 0 unspecified atom stereocenters. The summed E-state index contributed by atoms with van der Waals surface area (Å²) in [6.45, 7) is 0. The predicted molar refractivity (Wildman–Crippen MR) is 31.2 cm³/mol. The van der Waals surface area contributed by atoms with Crippen molar-refractivity contribution >= 4 is 5.97 Å². The van der Waals surface area contributed by atoms with Crippen molar-refractivity contribution in [1.29, 1.82) is 0 Å². The molecule has 0 aromatic carbocycles. The fraction of sp³-hybridized carbons (Fsp3) is 0.200. The molecular weight excluding hydrogens is 136 g/mol. The van der Waals surface area contributed by atoms with Gasteiger partial charge in [0.2, 0.25) is 0 Å². The number of nitrogens with zero attached hydrogens (tertiary/aromatic N) is 1. The number of aromatic amines is 1. The van der Waals surface area contributed by atoms with Gasteiger partial charge in [0.15, 0.2) is 6.10 Å². The average molecular weight is 142 g/mol. The van der Waals surface area contributed by atoms with Gasteiger partial charge in [0.05, 0.1) is 18.2 Å². The highest BCUT2D eigenvalue weighted by atomic mass is 16.4. The number of hydrogen-bond acceptors (Lipinski definition) is 3. The van der Waals surface area contributed by atoms with Crippen molar-refractivity contribution in [3.63, 3.8) is 0 Å². The third-order valence-corrected chi connectivity index (χ3v) is 1.05. The molecule has 3 N–H and O–H groups in total. The molecule has 0 aliphatic carbocycles. The second-order valence-electron chi connectivity index (χ2n) is 1.75. The van der Waals surface area contributed by atoms with E-state index in [1.165, 1.54) is 12.5 Å². The van der Waals surface area contributed by atoms with Gasteiger partial charge in [0.25, 0.3) is 0 Å². The number of aromatic nitrogens is 2. The lowest BCUT2D eigenvalue weighted by Crippen LogP contribution is -2.10. The molecule has 0 spiro atoms. The molecule has 0 fully saturated rings.